The second kappa shape index (κ2) is 7.09. The first-order valence-electron chi connectivity index (χ1n) is 9.42. The molecule has 6 nitrogen and oxygen atoms in total. The van der Waals surface area contributed by atoms with Crippen molar-refractivity contribution >= 4 is 11.6 Å². The molecular weight excluding hydrogens is 435 g/mol. The van der Waals surface area contributed by atoms with Crippen molar-refractivity contribution in [3.63, 3.8) is 0 Å². The minimum absolute atomic E-state index is 0.0749. The predicted molar refractivity (Wildman–Crippen MR) is 103 cm³/mol. The number of hydrogen-bond acceptors (Lipinski definition) is 4. The van der Waals surface area contributed by atoms with Gasteiger partial charge in [0.05, 0.1) is 12.1 Å². The van der Waals surface area contributed by atoms with E-state index in [4.69, 9.17) is 0 Å². The number of benzene rings is 2. The summed E-state index contributed by atoms with van der Waals surface area (Å²) in [5.74, 6) is -5.33. The Balaban J connectivity index is 1.73. The molecule has 0 fully saturated rings. The highest BCUT2D eigenvalue weighted by atomic mass is 19.4. The number of halogens is 5. The molecule has 2 aromatic carbocycles. The van der Waals surface area contributed by atoms with Crippen LogP contribution in [0.5, 0.6) is 0 Å². The van der Waals surface area contributed by atoms with Crippen molar-refractivity contribution in [2.75, 3.05) is 4.90 Å². The van der Waals surface area contributed by atoms with E-state index < -0.39 is 35.0 Å². The molecule has 0 bridgehead atoms. The van der Waals surface area contributed by atoms with Crippen LogP contribution in [0.25, 0.3) is 0 Å². The van der Waals surface area contributed by atoms with Crippen molar-refractivity contribution in [1.29, 1.82) is 0 Å². The summed E-state index contributed by atoms with van der Waals surface area (Å²) < 4.78 is 71.3. The standard InChI is InChI=1S/C21H17F5N4O2/c1-19(32,20(22,23)18-28-27-11-29(18)2)12-5-3-6-13(9-12)30-10-15-14(17(30)31)7-4-8-16(15)21(24,25)26/h3-9,11,32H,10H2,1-2H3. The molecule has 11 heteroatoms. The zero-order valence-corrected chi connectivity index (χ0v) is 16.9. The van der Waals surface area contributed by atoms with Gasteiger partial charge in [-0.15, -0.1) is 10.2 Å². The van der Waals surface area contributed by atoms with Crippen LogP contribution in [-0.4, -0.2) is 25.8 Å². The average molecular weight is 452 g/mol. The first-order chi connectivity index (χ1) is 14.9. The number of hydrogen-bond donors (Lipinski definition) is 1. The summed E-state index contributed by atoms with van der Waals surface area (Å²) in [6, 6.07) is 8.45. The fourth-order valence-corrected chi connectivity index (χ4v) is 3.75. The monoisotopic (exact) mass is 452 g/mol. The normalized spacial score (nSPS) is 16.2. The van der Waals surface area contributed by atoms with Crippen molar-refractivity contribution < 1.29 is 31.9 Å². The third-order valence-corrected chi connectivity index (χ3v) is 5.60. The molecule has 1 aliphatic rings. The summed E-state index contributed by atoms with van der Waals surface area (Å²) in [6.45, 7) is 0.512. The van der Waals surface area contributed by atoms with Crippen LogP contribution in [0.15, 0.2) is 48.8 Å². The fourth-order valence-electron chi connectivity index (χ4n) is 3.75. The Hall–Kier alpha value is -3.34. The lowest BCUT2D eigenvalue weighted by Gasteiger charge is -2.32. The molecule has 1 aliphatic heterocycles. The van der Waals surface area contributed by atoms with E-state index >= 15 is 8.78 Å². The van der Waals surface area contributed by atoms with Gasteiger partial charge in [0.25, 0.3) is 5.91 Å². The van der Waals surface area contributed by atoms with E-state index in [0.717, 1.165) is 40.9 Å². The summed E-state index contributed by atoms with van der Waals surface area (Å²) >= 11 is 0. The van der Waals surface area contributed by atoms with Crippen LogP contribution in [0.4, 0.5) is 27.6 Å². The Morgan fingerprint density at radius 3 is 2.38 bits per heavy atom. The molecule has 3 aromatic rings. The third-order valence-electron chi connectivity index (χ3n) is 5.60. The summed E-state index contributed by atoms with van der Waals surface area (Å²) in [4.78, 5) is 13.8. The van der Waals surface area contributed by atoms with Crippen LogP contribution < -0.4 is 4.90 Å². The van der Waals surface area contributed by atoms with Crippen molar-refractivity contribution in [1.82, 2.24) is 14.8 Å². The van der Waals surface area contributed by atoms with Crippen LogP contribution in [-0.2, 0) is 31.3 Å². The van der Waals surface area contributed by atoms with Gasteiger partial charge < -0.3 is 14.6 Å². The second-order valence-electron chi connectivity index (χ2n) is 7.68. The zero-order chi connectivity index (χ0) is 23.5. The maximum Gasteiger partial charge on any atom is 0.416 e. The lowest BCUT2D eigenvalue weighted by Crippen LogP contribution is -2.42. The van der Waals surface area contributed by atoms with Gasteiger partial charge in [0, 0.05) is 18.3 Å². The Morgan fingerprint density at radius 2 is 1.75 bits per heavy atom. The molecular formula is C21H17F5N4O2. The molecule has 0 spiro atoms. The smallest absolute Gasteiger partial charge is 0.379 e. The average Bonchev–Trinajstić information content (AvgIpc) is 3.31. The van der Waals surface area contributed by atoms with E-state index in [1.54, 1.807) is 0 Å². The minimum Gasteiger partial charge on any atom is -0.379 e. The Bertz CT molecular complexity index is 1200. The Morgan fingerprint density at radius 1 is 1.06 bits per heavy atom. The molecule has 0 saturated carbocycles. The fraction of sp³-hybridized carbons (Fsp3) is 0.286. The Kier molecular flexibility index (Phi) is 4.85. The molecule has 168 valence electrons. The maximum absolute atomic E-state index is 15.1. The lowest BCUT2D eigenvalue weighted by atomic mass is 9.88. The SMILES string of the molecule is Cn1cnnc1C(F)(F)C(C)(O)c1cccc(N2Cc3c(cccc3C(F)(F)F)C2=O)c1. The Labute approximate surface area is 178 Å². The molecule has 4 rings (SSSR count). The van der Waals surface area contributed by atoms with Crippen molar-refractivity contribution in [3.8, 4) is 0 Å². The molecule has 1 aromatic heterocycles. The van der Waals surface area contributed by atoms with Crippen molar-refractivity contribution in [2.45, 2.75) is 31.2 Å². The number of aliphatic hydroxyl groups is 1. The van der Waals surface area contributed by atoms with Gasteiger partial charge in [-0.3, -0.25) is 4.79 Å². The highest BCUT2D eigenvalue weighted by molar-refractivity contribution is 6.10. The van der Waals surface area contributed by atoms with Gasteiger partial charge in [-0.05, 0) is 42.3 Å². The number of alkyl halides is 5. The predicted octanol–water partition coefficient (Wildman–Crippen LogP) is 3.99. The molecule has 0 aliphatic carbocycles. The highest BCUT2D eigenvalue weighted by Gasteiger charge is 2.55. The summed E-state index contributed by atoms with van der Waals surface area (Å²) in [7, 11) is 1.30. The van der Waals surface area contributed by atoms with Gasteiger partial charge in [-0.1, -0.05) is 18.2 Å². The van der Waals surface area contributed by atoms with Crippen LogP contribution in [0.1, 0.15) is 39.8 Å². The first kappa shape index (κ1) is 21.9. The quantitative estimate of drug-likeness (QED) is 0.608. The van der Waals surface area contributed by atoms with E-state index in [0.29, 0.717) is 0 Å². The van der Waals surface area contributed by atoms with Crippen LogP contribution in [0.2, 0.25) is 0 Å². The second-order valence-corrected chi connectivity index (χ2v) is 7.68. The van der Waals surface area contributed by atoms with E-state index in [1.807, 2.05) is 0 Å². The molecule has 2 heterocycles. The lowest BCUT2D eigenvalue weighted by molar-refractivity contribution is -0.191. The number of rotatable bonds is 4. The van der Waals surface area contributed by atoms with E-state index in [2.05, 4.69) is 10.2 Å². The summed E-state index contributed by atoms with van der Waals surface area (Å²) in [5.41, 5.74) is -4.15. The molecule has 0 saturated heterocycles. The summed E-state index contributed by atoms with van der Waals surface area (Å²) in [6.07, 6.45) is -3.58. The topological polar surface area (TPSA) is 71.2 Å². The van der Waals surface area contributed by atoms with E-state index in [9.17, 15) is 23.1 Å². The number of nitrogens with zero attached hydrogens (tertiary/aromatic N) is 4. The molecule has 1 unspecified atom stereocenters. The highest BCUT2D eigenvalue weighted by Crippen LogP contribution is 2.45. The van der Waals surface area contributed by atoms with Crippen LogP contribution >= 0.6 is 0 Å². The maximum atomic E-state index is 15.1. The minimum atomic E-state index is -4.65. The number of carbonyl (C=O) groups excluding carboxylic acids is 1. The molecule has 32 heavy (non-hydrogen) atoms. The number of anilines is 1. The van der Waals surface area contributed by atoms with Gasteiger partial charge in [0.2, 0.25) is 5.82 Å². The largest absolute Gasteiger partial charge is 0.416 e. The van der Waals surface area contributed by atoms with Gasteiger partial charge in [-0.25, -0.2) is 0 Å². The molecule has 1 amide bonds. The van der Waals surface area contributed by atoms with Gasteiger partial charge in [0.1, 0.15) is 6.33 Å². The number of aryl methyl sites for hydroxylation is 1. The number of aromatic nitrogens is 3. The zero-order valence-electron chi connectivity index (χ0n) is 16.9. The molecule has 1 atom stereocenters. The number of carbonyl (C=O) groups is 1. The van der Waals surface area contributed by atoms with E-state index in [1.165, 1.54) is 31.3 Å². The van der Waals surface area contributed by atoms with Crippen LogP contribution in [0, 0.1) is 0 Å². The van der Waals surface area contributed by atoms with E-state index in [-0.39, 0.29) is 28.9 Å². The van der Waals surface area contributed by atoms with Gasteiger partial charge in [-0.2, -0.15) is 22.0 Å². The molecule has 0 radical (unpaired) electrons. The molecule has 1 N–H and O–H groups in total. The third kappa shape index (κ3) is 3.24. The first-order valence-corrected chi connectivity index (χ1v) is 9.42. The van der Waals surface area contributed by atoms with Gasteiger partial charge in [0.15, 0.2) is 5.60 Å². The summed E-state index contributed by atoms with van der Waals surface area (Å²) in [5, 5.41) is 17.6. The number of fused-ring (bicyclic) bond motifs is 1. The van der Waals surface area contributed by atoms with Crippen molar-refractivity contribution in [3.05, 3.63) is 76.9 Å². The van der Waals surface area contributed by atoms with Crippen molar-refractivity contribution in [2.24, 2.45) is 7.05 Å². The van der Waals surface area contributed by atoms with Gasteiger partial charge >= 0.3 is 12.1 Å². The van der Waals surface area contributed by atoms with Crippen LogP contribution in [0.3, 0.4) is 0 Å². The number of amides is 1.